The summed E-state index contributed by atoms with van der Waals surface area (Å²) < 4.78 is 0. The van der Waals surface area contributed by atoms with E-state index in [1.54, 1.807) is 6.07 Å². The number of H-pyrrole nitrogens is 2. The van der Waals surface area contributed by atoms with E-state index in [9.17, 15) is 5.11 Å². The SMILES string of the molecule is CCc1cc(O)ccc1-c1ccc2c(-c3ncc(C4=CCN(C5CCCCC5)C4)[nH]3)n[nH]c2c1. The fraction of sp³-hybridized carbons (Fsp3) is 0.357. The van der Waals surface area contributed by atoms with Gasteiger partial charge >= 0.3 is 0 Å². The second kappa shape index (κ2) is 8.76. The lowest BCUT2D eigenvalue weighted by Crippen LogP contribution is -2.35. The van der Waals surface area contributed by atoms with E-state index >= 15 is 0 Å². The molecule has 6 rings (SSSR count). The van der Waals surface area contributed by atoms with Gasteiger partial charge in [0.15, 0.2) is 5.82 Å². The smallest absolute Gasteiger partial charge is 0.159 e. The number of phenols is 1. The molecule has 1 aliphatic heterocycles. The van der Waals surface area contributed by atoms with Gasteiger partial charge < -0.3 is 10.1 Å². The normalized spacial score (nSPS) is 17.5. The average Bonchev–Trinajstić information content (AvgIpc) is 3.63. The monoisotopic (exact) mass is 453 g/mol. The molecule has 0 amide bonds. The number of hydrogen-bond acceptors (Lipinski definition) is 4. The highest BCUT2D eigenvalue weighted by molar-refractivity contribution is 5.94. The van der Waals surface area contributed by atoms with Gasteiger partial charge in [-0.2, -0.15) is 5.10 Å². The first kappa shape index (κ1) is 21.2. The van der Waals surface area contributed by atoms with Crippen molar-refractivity contribution in [3.05, 3.63) is 59.9 Å². The first-order chi connectivity index (χ1) is 16.7. The highest BCUT2D eigenvalue weighted by Crippen LogP contribution is 2.33. The van der Waals surface area contributed by atoms with Crippen LogP contribution in [0.5, 0.6) is 5.75 Å². The van der Waals surface area contributed by atoms with Crippen LogP contribution >= 0.6 is 0 Å². The molecule has 1 aliphatic carbocycles. The molecule has 0 saturated heterocycles. The lowest BCUT2D eigenvalue weighted by atomic mass is 9.94. The van der Waals surface area contributed by atoms with Gasteiger partial charge in [-0.25, -0.2) is 4.98 Å². The Hall–Kier alpha value is -3.38. The summed E-state index contributed by atoms with van der Waals surface area (Å²) in [4.78, 5) is 10.8. The Kier molecular flexibility index (Phi) is 5.46. The molecule has 174 valence electrons. The Morgan fingerprint density at radius 1 is 1.09 bits per heavy atom. The van der Waals surface area contributed by atoms with Crippen molar-refractivity contribution in [1.29, 1.82) is 0 Å². The zero-order valence-electron chi connectivity index (χ0n) is 19.6. The number of hydrogen-bond donors (Lipinski definition) is 3. The van der Waals surface area contributed by atoms with Crippen LogP contribution in [-0.4, -0.2) is 49.3 Å². The zero-order chi connectivity index (χ0) is 23.1. The Morgan fingerprint density at radius 2 is 1.97 bits per heavy atom. The molecule has 2 aromatic heterocycles. The van der Waals surface area contributed by atoms with Crippen LogP contribution in [-0.2, 0) is 6.42 Å². The van der Waals surface area contributed by atoms with Crippen LogP contribution in [0.4, 0.5) is 0 Å². The Bertz CT molecular complexity index is 1360. The van der Waals surface area contributed by atoms with Crippen LogP contribution in [0.1, 0.15) is 50.3 Å². The molecule has 34 heavy (non-hydrogen) atoms. The minimum atomic E-state index is 0.304. The van der Waals surface area contributed by atoms with Crippen molar-refractivity contribution in [1.82, 2.24) is 25.1 Å². The largest absolute Gasteiger partial charge is 0.508 e. The molecule has 0 spiro atoms. The molecule has 0 radical (unpaired) electrons. The minimum Gasteiger partial charge on any atom is -0.508 e. The fourth-order valence-corrected chi connectivity index (χ4v) is 5.62. The lowest BCUT2D eigenvalue weighted by molar-refractivity contribution is 0.200. The van der Waals surface area contributed by atoms with Gasteiger partial charge in [0.25, 0.3) is 0 Å². The molecule has 1 fully saturated rings. The summed E-state index contributed by atoms with van der Waals surface area (Å²) in [6.45, 7) is 4.15. The van der Waals surface area contributed by atoms with Crippen LogP contribution in [0.25, 0.3) is 39.1 Å². The number of aromatic amines is 2. The van der Waals surface area contributed by atoms with Crippen molar-refractivity contribution in [3.63, 3.8) is 0 Å². The third kappa shape index (κ3) is 3.82. The molecule has 6 nitrogen and oxygen atoms in total. The molecule has 1 saturated carbocycles. The first-order valence-electron chi connectivity index (χ1n) is 12.5. The maximum atomic E-state index is 9.84. The second-order valence-electron chi connectivity index (χ2n) is 9.62. The molecule has 0 unspecified atom stereocenters. The molecule has 0 atom stereocenters. The van der Waals surface area contributed by atoms with Gasteiger partial charge in [-0.15, -0.1) is 0 Å². The molecule has 6 heteroatoms. The van der Waals surface area contributed by atoms with E-state index < -0.39 is 0 Å². The van der Waals surface area contributed by atoms with Crippen molar-refractivity contribution in [2.24, 2.45) is 0 Å². The number of phenolic OH excluding ortho intramolecular Hbond substituents is 1. The van der Waals surface area contributed by atoms with Gasteiger partial charge in [0.05, 0.1) is 17.4 Å². The molecule has 3 heterocycles. The second-order valence-corrected chi connectivity index (χ2v) is 9.62. The first-order valence-corrected chi connectivity index (χ1v) is 12.5. The van der Waals surface area contributed by atoms with E-state index in [0.29, 0.717) is 5.75 Å². The number of aryl methyl sites for hydroxylation is 1. The quantitative estimate of drug-likeness (QED) is 0.350. The van der Waals surface area contributed by atoms with E-state index in [4.69, 9.17) is 0 Å². The summed E-state index contributed by atoms with van der Waals surface area (Å²) in [5.74, 6) is 1.10. The van der Waals surface area contributed by atoms with Crippen molar-refractivity contribution in [2.45, 2.75) is 51.5 Å². The van der Waals surface area contributed by atoms with E-state index in [0.717, 1.165) is 70.4 Å². The van der Waals surface area contributed by atoms with Gasteiger partial charge in [-0.05, 0) is 65.8 Å². The summed E-state index contributed by atoms with van der Waals surface area (Å²) >= 11 is 0. The van der Waals surface area contributed by atoms with Gasteiger partial charge in [0.2, 0.25) is 0 Å². The molecular formula is C28H31N5O. The number of benzene rings is 2. The van der Waals surface area contributed by atoms with Crippen LogP contribution in [0.15, 0.2) is 48.7 Å². The van der Waals surface area contributed by atoms with Crippen molar-refractivity contribution in [3.8, 4) is 28.4 Å². The molecule has 0 bridgehead atoms. The standard InChI is InChI=1S/C28H31N5O/c1-2-18-14-22(34)9-11-23(18)19-8-10-24-25(15-19)31-32-27(24)28-29-16-26(30-28)20-12-13-33(17-20)21-6-4-3-5-7-21/h8-12,14-16,21,34H,2-7,13,17H2,1H3,(H,29,30)(H,31,32). The third-order valence-corrected chi connectivity index (χ3v) is 7.53. The number of nitrogens with zero attached hydrogens (tertiary/aromatic N) is 3. The van der Waals surface area contributed by atoms with Crippen molar-refractivity contribution in [2.75, 3.05) is 13.1 Å². The minimum absolute atomic E-state index is 0.304. The van der Waals surface area contributed by atoms with Crippen molar-refractivity contribution < 1.29 is 5.11 Å². The van der Waals surface area contributed by atoms with E-state index in [1.165, 1.54) is 37.7 Å². The summed E-state index contributed by atoms with van der Waals surface area (Å²) in [5, 5.41) is 18.7. The summed E-state index contributed by atoms with van der Waals surface area (Å²) in [5.41, 5.74) is 7.62. The maximum absolute atomic E-state index is 9.84. The number of aromatic nitrogens is 4. The highest BCUT2D eigenvalue weighted by atomic mass is 16.3. The summed E-state index contributed by atoms with van der Waals surface area (Å²) in [7, 11) is 0. The Labute approximate surface area is 199 Å². The van der Waals surface area contributed by atoms with E-state index in [-0.39, 0.29) is 0 Å². The number of aromatic hydroxyl groups is 1. The average molecular weight is 454 g/mol. The Morgan fingerprint density at radius 3 is 2.82 bits per heavy atom. The molecule has 3 N–H and O–H groups in total. The van der Waals surface area contributed by atoms with Crippen LogP contribution < -0.4 is 0 Å². The highest BCUT2D eigenvalue weighted by Gasteiger charge is 2.26. The van der Waals surface area contributed by atoms with E-state index in [2.05, 4.69) is 56.3 Å². The predicted octanol–water partition coefficient (Wildman–Crippen LogP) is 5.92. The van der Waals surface area contributed by atoms with E-state index in [1.807, 2.05) is 18.3 Å². The lowest BCUT2D eigenvalue weighted by Gasteiger charge is -2.31. The number of nitrogens with one attached hydrogen (secondary N) is 2. The van der Waals surface area contributed by atoms with Crippen LogP contribution in [0.2, 0.25) is 0 Å². The molecule has 2 aliphatic rings. The van der Waals surface area contributed by atoms with Crippen LogP contribution in [0.3, 0.4) is 0 Å². The molecular weight excluding hydrogens is 422 g/mol. The molecule has 2 aromatic carbocycles. The topological polar surface area (TPSA) is 80.8 Å². The van der Waals surface area contributed by atoms with Crippen molar-refractivity contribution >= 4 is 16.5 Å². The number of rotatable bonds is 5. The zero-order valence-corrected chi connectivity index (χ0v) is 19.6. The summed E-state index contributed by atoms with van der Waals surface area (Å²) in [6, 6.07) is 12.7. The van der Waals surface area contributed by atoms with Gasteiger partial charge in [-0.1, -0.05) is 44.4 Å². The third-order valence-electron chi connectivity index (χ3n) is 7.53. The van der Waals surface area contributed by atoms with Gasteiger partial charge in [0, 0.05) is 24.5 Å². The number of fused-ring (bicyclic) bond motifs is 1. The van der Waals surface area contributed by atoms with Crippen LogP contribution in [0, 0.1) is 0 Å². The fourth-order valence-electron chi connectivity index (χ4n) is 5.62. The maximum Gasteiger partial charge on any atom is 0.159 e. The van der Waals surface area contributed by atoms with Gasteiger partial charge in [0.1, 0.15) is 11.4 Å². The number of imidazole rings is 1. The molecule has 4 aromatic rings. The predicted molar refractivity (Wildman–Crippen MR) is 137 cm³/mol. The Balaban J connectivity index is 1.25. The van der Waals surface area contributed by atoms with Gasteiger partial charge in [-0.3, -0.25) is 10.00 Å². The summed E-state index contributed by atoms with van der Waals surface area (Å²) in [6.07, 6.45) is 12.0.